The van der Waals surface area contributed by atoms with Gasteiger partial charge in [0, 0.05) is 23.8 Å². The van der Waals surface area contributed by atoms with Crippen LogP contribution in [0.2, 0.25) is 5.02 Å². The molecule has 26 heavy (non-hydrogen) atoms. The lowest BCUT2D eigenvalue weighted by molar-refractivity contribution is -0.121. The second-order valence-electron chi connectivity index (χ2n) is 6.07. The van der Waals surface area contributed by atoms with Crippen LogP contribution in [0, 0.1) is 11.7 Å². The van der Waals surface area contributed by atoms with Gasteiger partial charge in [0.1, 0.15) is 11.6 Å². The monoisotopic (exact) mass is 439 g/mol. The number of amides is 2. The van der Waals surface area contributed by atoms with Gasteiger partial charge in [-0.3, -0.25) is 9.59 Å². The quantitative estimate of drug-likeness (QED) is 0.781. The highest BCUT2D eigenvalue weighted by atomic mass is 79.9. The van der Waals surface area contributed by atoms with Crippen LogP contribution in [0.25, 0.3) is 0 Å². The topological polar surface area (TPSA) is 62.3 Å². The maximum atomic E-state index is 13.2. The van der Waals surface area contributed by atoms with Gasteiger partial charge in [0.15, 0.2) is 0 Å². The highest BCUT2D eigenvalue weighted by molar-refractivity contribution is 9.10. The Bertz CT molecular complexity index is 832. The first-order chi connectivity index (χ1) is 12.4. The zero-order chi connectivity index (χ0) is 18.7. The first kappa shape index (κ1) is 18.8. The maximum absolute atomic E-state index is 13.2. The van der Waals surface area contributed by atoms with E-state index in [1.807, 2.05) is 0 Å². The van der Waals surface area contributed by atoms with E-state index < -0.39 is 5.82 Å². The molecule has 136 valence electrons. The molecule has 5 nitrogen and oxygen atoms in total. The molecule has 0 bridgehead atoms. The van der Waals surface area contributed by atoms with Crippen molar-refractivity contribution in [2.24, 2.45) is 5.92 Å². The molecule has 1 unspecified atom stereocenters. The summed E-state index contributed by atoms with van der Waals surface area (Å²) >= 11 is 9.01. The molecule has 1 fully saturated rings. The average molecular weight is 441 g/mol. The minimum absolute atomic E-state index is 0.185. The van der Waals surface area contributed by atoms with Crippen LogP contribution in [-0.4, -0.2) is 34.8 Å². The minimum atomic E-state index is -0.417. The zero-order valence-electron chi connectivity index (χ0n) is 13.7. The predicted octanol–water partition coefficient (Wildman–Crippen LogP) is 4.13. The van der Waals surface area contributed by atoms with Crippen LogP contribution >= 0.6 is 27.5 Å². The lowest BCUT2D eigenvalue weighted by Crippen LogP contribution is -2.44. The van der Waals surface area contributed by atoms with E-state index in [4.69, 9.17) is 11.6 Å². The van der Waals surface area contributed by atoms with Gasteiger partial charge in [-0.15, -0.1) is 0 Å². The van der Waals surface area contributed by atoms with Gasteiger partial charge < -0.3 is 10.2 Å². The van der Waals surface area contributed by atoms with E-state index in [2.05, 4.69) is 26.2 Å². The predicted molar refractivity (Wildman–Crippen MR) is 101 cm³/mol. The van der Waals surface area contributed by atoms with E-state index in [-0.39, 0.29) is 17.7 Å². The molecular formula is C18H16BrClFN3O2. The average Bonchev–Trinajstić information content (AvgIpc) is 2.63. The summed E-state index contributed by atoms with van der Waals surface area (Å²) in [5, 5.41) is 3.24. The van der Waals surface area contributed by atoms with Crippen molar-refractivity contribution in [2.75, 3.05) is 18.4 Å². The van der Waals surface area contributed by atoms with Crippen LogP contribution < -0.4 is 5.32 Å². The van der Waals surface area contributed by atoms with Crippen LogP contribution in [-0.2, 0) is 4.79 Å². The van der Waals surface area contributed by atoms with Crippen molar-refractivity contribution in [1.29, 1.82) is 0 Å². The number of likely N-dealkylation sites (tertiary alicyclic amines) is 1. The number of rotatable bonds is 3. The van der Waals surface area contributed by atoms with Crippen molar-refractivity contribution < 1.29 is 14.0 Å². The molecular weight excluding hydrogens is 425 g/mol. The number of pyridine rings is 1. The van der Waals surface area contributed by atoms with Crippen LogP contribution in [0.1, 0.15) is 23.2 Å². The molecule has 2 aromatic rings. The maximum Gasteiger partial charge on any atom is 0.255 e. The van der Waals surface area contributed by atoms with Crippen molar-refractivity contribution >= 4 is 45.2 Å². The fourth-order valence-corrected chi connectivity index (χ4v) is 3.52. The number of piperidine rings is 1. The van der Waals surface area contributed by atoms with Gasteiger partial charge in [0.05, 0.1) is 16.5 Å². The summed E-state index contributed by atoms with van der Waals surface area (Å²) in [6, 6.07) is 7.23. The molecule has 2 heterocycles. The summed E-state index contributed by atoms with van der Waals surface area (Å²) in [4.78, 5) is 30.9. The van der Waals surface area contributed by atoms with Crippen molar-refractivity contribution in [3.05, 3.63) is 57.4 Å². The molecule has 1 N–H and O–H groups in total. The van der Waals surface area contributed by atoms with E-state index in [1.54, 1.807) is 17.0 Å². The number of hydrogen-bond donors (Lipinski definition) is 1. The molecule has 0 spiro atoms. The van der Waals surface area contributed by atoms with Gasteiger partial charge in [-0.25, -0.2) is 9.37 Å². The lowest BCUT2D eigenvalue weighted by atomic mass is 9.96. The van der Waals surface area contributed by atoms with Gasteiger partial charge in [-0.05, 0) is 59.1 Å². The number of aromatic nitrogens is 1. The Labute approximate surface area is 163 Å². The van der Waals surface area contributed by atoms with E-state index in [0.717, 1.165) is 6.42 Å². The van der Waals surface area contributed by atoms with Crippen molar-refractivity contribution in [1.82, 2.24) is 9.88 Å². The number of nitrogens with zero attached hydrogens (tertiary/aromatic N) is 2. The second kappa shape index (κ2) is 8.14. The summed E-state index contributed by atoms with van der Waals surface area (Å²) in [6.07, 6.45) is 2.87. The third-order valence-corrected chi connectivity index (χ3v) is 5.10. The number of halogens is 3. The number of carbonyl (C=O) groups is 2. The number of carbonyl (C=O) groups excluding carboxylic acids is 2. The number of hydrogen-bond acceptors (Lipinski definition) is 3. The molecule has 3 rings (SSSR count). The molecule has 2 amide bonds. The third-order valence-electron chi connectivity index (χ3n) is 4.22. The van der Waals surface area contributed by atoms with Gasteiger partial charge in [0.2, 0.25) is 5.91 Å². The smallest absolute Gasteiger partial charge is 0.255 e. The fourth-order valence-electron chi connectivity index (χ4n) is 2.89. The molecule has 8 heteroatoms. The van der Waals surface area contributed by atoms with E-state index in [1.165, 1.54) is 24.4 Å². The molecule has 0 aliphatic carbocycles. The first-order valence-corrected chi connectivity index (χ1v) is 9.28. The minimum Gasteiger partial charge on any atom is -0.338 e. The Kier molecular flexibility index (Phi) is 5.88. The van der Waals surface area contributed by atoms with Crippen LogP contribution in [0.5, 0.6) is 0 Å². The standard InChI is InChI=1S/C18H16BrClFN3O2/c19-15-8-13(21)4-5-14(15)18(26)24-7-1-2-11(10-24)17(25)23-16-6-3-12(20)9-22-16/h3-6,8-9,11H,1-2,7,10H2,(H,22,23,25). The third kappa shape index (κ3) is 4.40. The van der Waals surface area contributed by atoms with Crippen molar-refractivity contribution in [2.45, 2.75) is 12.8 Å². The van der Waals surface area contributed by atoms with Gasteiger partial charge in [0.25, 0.3) is 5.91 Å². The molecule has 1 saturated heterocycles. The van der Waals surface area contributed by atoms with Crippen molar-refractivity contribution in [3.63, 3.8) is 0 Å². The van der Waals surface area contributed by atoms with E-state index in [9.17, 15) is 14.0 Å². The van der Waals surface area contributed by atoms with E-state index in [0.29, 0.717) is 40.4 Å². The first-order valence-electron chi connectivity index (χ1n) is 8.11. The zero-order valence-corrected chi connectivity index (χ0v) is 16.1. The normalized spacial score (nSPS) is 17.0. The second-order valence-corrected chi connectivity index (χ2v) is 7.36. The van der Waals surface area contributed by atoms with E-state index >= 15 is 0 Å². The Morgan fingerprint density at radius 3 is 2.81 bits per heavy atom. The van der Waals surface area contributed by atoms with Crippen LogP contribution in [0.4, 0.5) is 10.2 Å². The number of benzene rings is 1. The summed E-state index contributed by atoms with van der Waals surface area (Å²) in [5.41, 5.74) is 0.381. The summed E-state index contributed by atoms with van der Waals surface area (Å²) in [7, 11) is 0. The Morgan fingerprint density at radius 1 is 1.31 bits per heavy atom. The molecule has 0 radical (unpaired) electrons. The molecule has 1 atom stereocenters. The highest BCUT2D eigenvalue weighted by Crippen LogP contribution is 2.24. The van der Waals surface area contributed by atoms with Crippen molar-refractivity contribution in [3.8, 4) is 0 Å². The molecule has 1 aromatic heterocycles. The SMILES string of the molecule is O=C(Nc1ccc(Cl)cn1)C1CCCN(C(=O)c2ccc(F)cc2Br)C1. The fraction of sp³-hybridized carbons (Fsp3) is 0.278. The van der Waals surface area contributed by atoms with Gasteiger partial charge >= 0.3 is 0 Å². The summed E-state index contributed by atoms with van der Waals surface area (Å²) in [6.45, 7) is 0.869. The summed E-state index contributed by atoms with van der Waals surface area (Å²) in [5.74, 6) is -0.734. The summed E-state index contributed by atoms with van der Waals surface area (Å²) < 4.78 is 13.6. The Balaban J connectivity index is 1.67. The number of nitrogens with one attached hydrogen (secondary N) is 1. The van der Waals surface area contributed by atoms with Crippen LogP contribution in [0.3, 0.4) is 0 Å². The molecule has 1 aliphatic heterocycles. The van der Waals surface area contributed by atoms with Crippen LogP contribution in [0.15, 0.2) is 41.0 Å². The molecule has 1 aromatic carbocycles. The lowest BCUT2D eigenvalue weighted by Gasteiger charge is -2.32. The Morgan fingerprint density at radius 2 is 2.12 bits per heavy atom. The van der Waals surface area contributed by atoms with Gasteiger partial charge in [-0.2, -0.15) is 0 Å². The largest absolute Gasteiger partial charge is 0.338 e. The number of anilines is 1. The Hall–Kier alpha value is -1.99. The molecule has 0 saturated carbocycles. The highest BCUT2D eigenvalue weighted by Gasteiger charge is 2.29. The molecule has 1 aliphatic rings. The van der Waals surface area contributed by atoms with Gasteiger partial charge in [-0.1, -0.05) is 11.6 Å².